The summed E-state index contributed by atoms with van der Waals surface area (Å²) >= 11 is 3.19. The molecule has 1 N–H and O–H groups in total. The summed E-state index contributed by atoms with van der Waals surface area (Å²) in [4.78, 5) is 10.9. The molecule has 0 aliphatic rings. The number of benzene rings is 1. The van der Waals surface area contributed by atoms with E-state index in [0.29, 0.717) is 22.3 Å². The number of nitrogens with zero attached hydrogens (tertiary/aromatic N) is 2. The SMILES string of the molecule is O=C(O)n1nc(-c2ccc(F)cc2)cc1CBr. The van der Waals surface area contributed by atoms with Gasteiger partial charge in [-0.05, 0) is 30.3 Å². The number of hydrogen-bond acceptors (Lipinski definition) is 2. The van der Waals surface area contributed by atoms with E-state index in [4.69, 9.17) is 5.11 Å². The number of hydrogen-bond donors (Lipinski definition) is 1. The van der Waals surface area contributed by atoms with Crippen LogP contribution in [0.2, 0.25) is 0 Å². The number of carboxylic acid groups (broad SMARTS) is 1. The van der Waals surface area contributed by atoms with Crippen LogP contribution >= 0.6 is 15.9 Å². The van der Waals surface area contributed by atoms with E-state index < -0.39 is 6.09 Å². The first-order valence-electron chi connectivity index (χ1n) is 4.76. The third-order valence-corrected chi connectivity index (χ3v) is 2.82. The fourth-order valence-electron chi connectivity index (χ4n) is 1.44. The van der Waals surface area contributed by atoms with Crippen molar-refractivity contribution in [1.29, 1.82) is 0 Å². The number of carbonyl (C=O) groups is 1. The lowest BCUT2D eigenvalue weighted by Gasteiger charge is -1.96. The van der Waals surface area contributed by atoms with Gasteiger partial charge in [0.1, 0.15) is 5.82 Å². The highest BCUT2D eigenvalue weighted by Crippen LogP contribution is 2.20. The summed E-state index contributed by atoms with van der Waals surface area (Å²) in [6.45, 7) is 0. The van der Waals surface area contributed by atoms with Crippen LogP contribution in [0.5, 0.6) is 0 Å². The molecule has 0 radical (unpaired) electrons. The average molecular weight is 299 g/mol. The lowest BCUT2D eigenvalue weighted by molar-refractivity contribution is 0.192. The molecular weight excluding hydrogens is 291 g/mol. The molecule has 2 aromatic rings. The molecule has 6 heteroatoms. The van der Waals surface area contributed by atoms with E-state index in [1.165, 1.54) is 12.1 Å². The van der Waals surface area contributed by atoms with Gasteiger partial charge in [-0.25, -0.2) is 9.18 Å². The average Bonchev–Trinajstić information content (AvgIpc) is 2.74. The first kappa shape index (κ1) is 11.8. The van der Waals surface area contributed by atoms with E-state index >= 15 is 0 Å². The number of rotatable bonds is 2. The molecule has 0 atom stereocenters. The summed E-state index contributed by atoms with van der Waals surface area (Å²) in [5, 5.41) is 13.2. The predicted molar refractivity (Wildman–Crippen MR) is 63.7 cm³/mol. The van der Waals surface area contributed by atoms with Crippen LogP contribution in [0.4, 0.5) is 9.18 Å². The molecule has 1 aromatic heterocycles. The fraction of sp³-hybridized carbons (Fsp3) is 0.0909. The van der Waals surface area contributed by atoms with Gasteiger partial charge in [-0.15, -0.1) is 0 Å². The van der Waals surface area contributed by atoms with Crippen molar-refractivity contribution in [3.63, 3.8) is 0 Å². The molecule has 0 saturated heterocycles. The monoisotopic (exact) mass is 298 g/mol. The Hall–Kier alpha value is -1.69. The van der Waals surface area contributed by atoms with Crippen LogP contribution in [0.1, 0.15) is 5.69 Å². The number of alkyl halides is 1. The Kier molecular flexibility index (Phi) is 3.23. The molecule has 88 valence electrons. The zero-order chi connectivity index (χ0) is 12.4. The van der Waals surface area contributed by atoms with Gasteiger partial charge in [0.15, 0.2) is 0 Å². The van der Waals surface area contributed by atoms with Crippen molar-refractivity contribution in [2.75, 3.05) is 0 Å². The Morgan fingerprint density at radius 3 is 2.53 bits per heavy atom. The van der Waals surface area contributed by atoms with E-state index in [1.807, 2.05) is 0 Å². The standard InChI is InChI=1S/C11H8BrFN2O2/c12-6-9-5-10(14-15(9)11(16)17)7-1-3-8(13)4-2-7/h1-5H,6H2,(H,16,17). The second-order valence-corrected chi connectivity index (χ2v) is 3.92. The van der Waals surface area contributed by atoms with E-state index in [-0.39, 0.29) is 5.82 Å². The van der Waals surface area contributed by atoms with Gasteiger partial charge in [0.05, 0.1) is 11.4 Å². The zero-order valence-corrected chi connectivity index (χ0v) is 10.2. The summed E-state index contributed by atoms with van der Waals surface area (Å²) in [6.07, 6.45) is -1.15. The van der Waals surface area contributed by atoms with Crippen molar-refractivity contribution >= 4 is 22.0 Å². The van der Waals surface area contributed by atoms with Crippen LogP contribution in [0.25, 0.3) is 11.3 Å². The minimum Gasteiger partial charge on any atom is -0.463 e. The Balaban J connectivity index is 2.46. The van der Waals surface area contributed by atoms with E-state index in [1.54, 1.807) is 18.2 Å². The minimum absolute atomic E-state index is 0.341. The molecular formula is C11H8BrFN2O2. The van der Waals surface area contributed by atoms with E-state index in [0.717, 1.165) is 4.68 Å². The Morgan fingerprint density at radius 2 is 2.06 bits per heavy atom. The van der Waals surface area contributed by atoms with E-state index in [2.05, 4.69) is 21.0 Å². The molecule has 0 aliphatic heterocycles. The molecule has 2 rings (SSSR count). The Labute approximate surface area is 105 Å². The molecule has 0 aliphatic carbocycles. The van der Waals surface area contributed by atoms with Gasteiger partial charge < -0.3 is 5.11 Å². The maximum Gasteiger partial charge on any atom is 0.432 e. The summed E-state index contributed by atoms with van der Waals surface area (Å²) in [5.41, 5.74) is 1.70. The predicted octanol–water partition coefficient (Wildman–Crippen LogP) is 3.11. The highest BCUT2D eigenvalue weighted by Gasteiger charge is 2.13. The molecule has 0 spiro atoms. The highest BCUT2D eigenvalue weighted by molar-refractivity contribution is 9.08. The minimum atomic E-state index is -1.15. The molecule has 0 fully saturated rings. The third-order valence-electron chi connectivity index (χ3n) is 2.24. The van der Waals surface area contributed by atoms with Crippen LogP contribution in [0.15, 0.2) is 30.3 Å². The third kappa shape index (κ3) is 2.36. The van der Waals surface area contributed by atoms with Crippen molar-refractivity contribution in [1.82, 2.24) is 9.78 Å². The Morgan fingerprint density at radius 1 is 1.41 bits per heavy atom. The molecule has 0 bridgehead atoms. The summed E-state index contributed by atoms with van der Waals surface area (Å²) < 4.78 is 13.7. The summed E-state index contributed by atoms with van der Waals surface area (Å²) in [7, 11) is 0. The normalized spacial score (nSPS) is 10.5. The number of aromatic nitrogens is 2. The molecule has 1 heterocycles. The highest BCUT2D eigenvalue weighted by atomic mass is 79.9. The quantitative estimate of drug-likeness (QED) is 0.867. The fourth-order valence-corrected chi connectivity index (χ4v) is 1.84. The second kappa shape index (κ2) is 4.67. The van der Waals surface area contributed by atoms with Gasteiger partial charge in [-0.2, -0.15) is 9.78 Å². The zero-order valence-electron chi connectivity index (χ0n) is 8.60. The van der Waals surface area contributed by atoms with Crippen molar-refractivity contribution in [3.05, 3.63) is 41.8 Å². The summed E-state index contributed by atoms with van der Waals surface area (Å²) in [6, 6.07) is 7.38. The van der Waals surface area contributed by atoms with E-state index in [9.17, 15) is 9.18 Å². The topological polar surface area (TPSA) is 55.1 Å². The van der Waals surface area contributed by atoms with Crippen LogP contribution in [-0.2, 0) is 5.33 Å². The van der Waals surface area contributed by atoms with Crippen molar-refractivity contribution in [2.45, 2.75) is 5.33 Å². The van der Waals surface area contributed by atoms with Crippen LogP contribution in [0, 0.1) is 5.82 Å². The molecule has 4 nitrogen and oxygen atoms in total. The van der Waals surface area contributed by atoms with Crippen LogP contribution < -0.4 is 0 Å². The Bertz CT molecular complexity index is 551. The molecule has 0 saturated carbocycles. The lowest BCUT2D eigenvalue weighted by atomic mass is 10.1. The second-order valence-electron chi connectivity index (χ2n) is 3.36. The van der Waals surface area contributed by atoms with Crippen molar-refractivity contribution < 1.29 is 14.3 Å². The maximum atomic E-state index is 12.8. The number of halogens is 2. The van der Waals surface area contributed by atoms with Gasteiger partial charge in [-0.1, -0.05) is 15.9 Å². The van der Waals surface area contributed by atoms with Gasteiger partial charge in [0.25, 0.3) is 0 Å². The van der Waals surface area contributed by atoms with Crippen molar-refractivity contribution in [2.24, 2.45) is 0 Å². The molecule has 1 aromatic carbocycles. The largest absolute Gasteiger partial charge is 0.463 e. The first-order chi connectivity index (χ1) is 8.11. The first-order valence-corrected chi connectivity index (χ1v) is 5.88. The van der Waals surface area contributed by atoms with Gasteiger partial charge in [0.2, 0.25) is 0 Å². The molecule has 0 amide bonds. The van der Waals surface area contributed by atoms with Crippen LogP contribution in [0.3, 0.4) is 0 Å². The van der Waals surface area contributed by atoms with Gasteiger partial charge in [-0.3, -0.25) is 0 Å². The van der Waals surface area contributed by atoms with Gasteiger partial charge in [0, 0.05) is 10.9 Å². The molecule has 17 heavy (non-hydrogen) atoms. The maximum absolute atomic E-state index is 12.8. The van der Waals surface area contributed by atoms with Crippen LogP contribution in [-0.4, -0.2) is 21.0 Å². The van der Waals surface area contributed by atoms with Gasteiger partial charge >= 0.3 is 6.09 Å². The smallest absolute Gasteiger partial charge is 0.432 e. The lowest BCUT2D eigenvalue weighted by Crippen LogP contribution is -2.12. The molecule has 0 unspecified atom stereocenters. The van der Waals surface area contributed by atoms with Crippen molar-refractivity contribution in [3.8, 4) is 11.3 Å². The summed E-state index contributed by atoms with van der Waals surface area (Å²) in [5.74, 6) is -0.341.